The highest BCUT2D eigenvalue weighted by atomic mass is 15.2. The number of piperazine rings is 1. The number of benzene rings is 1. The molecule has 3 nitrogen and oxygen atoms in total. The number of nitrogens with one attached hydrogen (secondary N) is 1. The second-order valence-corrected chi connectivity index (χ2v) is 6.16. The number of aromatic nitrogens is 1. The monoisotopic (exact) mass is 269 g/mol. The summed E-state index contributed by atoms with van der Waals surface area (Å²) in [6.07, 6.45) is 2.02. The smallest absolute Gasteiger partial charge is 0.0703 e. The van der Waals surface area contributed by atoms with Gasteiger partial charge in [-0.2, -0.15) is 0 Å². The molecule has 20 heavy (non-hydrogen) atoms. The number of pyridine rings is 1. The molecule has 1 N–H and O–H groups in total. The Labute approximate surface area is 121 Å². The zero-order valence-electron chi connectivity index (χ0n) is 12.5. The van der Waals surface area contributed by atoms with Crippen LogP contribution in [0.2, 0.25) is 0 Å². The van der Waals surface area contributed by atoms with Crippen molar-refractivity contribution in [1.29, 1.82) is 0 Å². The summed E-state index contributed by atoms with van der Waals surface area (Å²) < 4.78 is 0. The number of hydrogen-bond donors (Lipinski definition) is 1. The van der Waals surface area contributed by atoms with Crippen molar-refractivity contribution in [2.45, 2.75) is 32.9 Å². The molecule has 0 saturated carbocycles. The second-order valence-electron chi connectivity index (χ2n) is 6.16. The largest absolute Gasteiger partial charge is 0.364 e. The van der Waals surface area contributed by atoms with Gasteiger partial charge in [-0.3, -0.25) is 4.98 Å². The Kier molecular flexibility index (Phi) is 3.62. The first kappa shape index (κ1) is 13.4. The van der Waals surface area contributed by atoms with Gasteiger partial charge in [0, 0.05) is 30.6 Å². The van der Waals surface area contributed by atoms with Crippen molar-refractivity contribution in [3.63, 3.8) is 0 Å². The zero-order chi connectivity index (χ0) is 14.1. The van der Waals surface area contributed by atoms with Gasteiger partial charge >= 0.3 is 0 Å². The molecule has 3 rings (SSSR count). The molecule has 0 bridgehead atoms. The Morgan fingerprint density at radius 2 is 2.10 bits per heavy atom. The lowest BCUT2D eigenvalue weighted by Crippen LogP contribution is -2.57. The first-order chi connectivity index (χ1) is 9.65. The van der Waals surface area contributed by atoms with E-state index in [1.165, 1.54) is 11.1 Å². The van der Waals surface area contributed by atoms with Gasteiger partial charge in [0.15, 0.2) is 0 Å². The van der Waals surface area contributed by atoms with Gasteiger partial charge in [-0.25, -0.2) is 0 Å². The van der Waals surface area contributed by atoms with E-state index in [9.17, 15) is 0 Å². The van der Waals surface area contributed by atoms with Gasteiger partial charge in [-0.1, -0.05) is 32.0 Å². The lowest BCUT2D eigenvalue weighted by atomic mass is 9.98. The van der Waals surface area contributed by atoms with E-state index < -0.39 is 0 Å². The number of fused-ring (bicyclic) bond motifs is 1. The van der Waals surface area contributed by atoms with Crippen LogP contribution in [0.15, 0.2) is 36.5 Å². The van der Waals surface area contributed by atoms with Crippen molar-refractivity contribution in [1.82, 2.24) is 10.3 Å². The third-order valence-corrected chi connectivity index (χ3v) is 4.22. The maximum absolute atomic E-state index is 4.61. The van der Waals surface area contributed by atoms with Crippen LogP contribution in [-0.4, -0.2) is 30.2 Å². The van der Waals surface area contributed by atoms with Crippen LogP contribution in [0.3, 0.4) is 0 Å². The van der Waals surface area contributed by atoms with Crippen molar-refractivity contribution in [2.24, 2.45) is 5.92 Å². The second kappa shape index (κ2) is 5.41. The zero-order valence-corrected chi connectivity index (χ0v) is 12.5. The van der Waals surface area contributed by atoms with Crippen LogP contribution in [0.4, 0.5) is 5.69 Å². The number of rotatable bonds is 2. The average Bonchev–Trinajstić information content (AvgIpc) is 2.46. The van der Waals surface area contributed by atoms with Crippen LogP contribution < -0.4 is 10.2 Å². The van der Waals surface area contributed by atoms with E-state index in [-0.39, 0.29) is 0 Å². The standard InChI is InChI=1S/C17H23N3/c1-12(2)17-10-18-13(3)11-20(17)15-8-14-6-4-5-7-16(14)19-9-15/h4-9,12-13,17-18H,10-11H2,1-3H3. The molecule has 2 aromatic rings. The summed E-state index contributed by atoms with van der Waals surface area (Å²) in [4.78, 5) is 7.13. The molecular weight excluding hydrogens is 246 g/mol. The summed E-state index contributed by atoms with van der Waals surface area (Å²) >= 11 is 0. The summed E-state index contributed by atoms with van der Waals surface area (Å²) in [5, 5.41) is 4.81. The van der Waals surface area contributed by atoms with Crippen molar-refractivity contribution >= 4 is 16.6 Å². The first-order valence-electron chi connectivity index (χ1n) is 7.50. The van der Waals surface area contributed by atoms with E-state index in [0.29, 0.717) is 18.0 Å². The predicted molar refractivity (Wildman–Crippen MR) is 85.2 cm³/mol. The molecule has 1 fully saturated rings. The van der Waals surface area contributed by atoms with Crippen LogP contribution in [-0.2, 0) is 0 Å². The number of para-hydroxylation sites is 1. The van der Waals surface area contributed by atoms with Crippen molar-refractivity contribution in [3.05, 3.63) is 36.5 Å². The maximum atomic E-state index is 4.61. The molecule has 106 valence electrons. The molecule has 0 spiro atoms. The summed E-state index contributed by atoms with van der Waals surface area (Å²) in [5.41, 5.74) is 2.32. The Morgan fingerprint density at radius 1 is 1.30 bits per heavy atom. The van der Waals surface area contributed by atoms with Gasteiger partial charge in [0.1, 0.15) is 0 Å². The lowest BCUT2D eigenvalue weighted by molar-refractivity contribution is 0.349. The topological polar surface area (TPSA) is 28.2 Å². The molecule has 1 aromatic carbocycles. The molecule has 1 aliphatic rings. The minimum Gasteiger partial charge on any atom is -0.364 e. The molecule has 3 heteroatoms. The van der Waals surface area contributed by atoms with Crippen LogP contribution >= 0.6 is 0 Å². The van der Waals surface area contributed by atoms with E-state index in [4.69, 9.17) is 0 Å². The normalized spacial score (nSPS) is 23.5. The van der Waals surface area contributed by atoms with Crippen LogP contribution in [0, 0.1) is 5.92 Å². The quantitative estimate of drug-likeness (QED) is 0.908. The highest BCUT2D eigenvalue weighted by Gasteiger charge is 2.28. The maximum Gasteiger partial charge on any atom is 0.0703 e. The molecule has 2 heterocycles. The van der Waals surface area contributed by atoms with Crippen LogP contribution in [0.1, 0.15) is 20.8 Å². The Morgan fingerprint density at radius 3 is 2.90 bits per heavy atom. The van der Waals surface area contributed by atoms with Crippen molar-refractivity contribution in [3.8, 4) is 0 Å². The molecule has 1 aromatic heterocycles. The number of anilines is 1. The van der Waals surface area contributed by atoms with Crippen LogP contribution in [0.25, 0.3) is 10.9 Å². The van der Waals surface area contributed by atoms with Gasteiger partial charge in [-0.05, 0) is 25.0 Å². The minimum atomic E-state index is 0.525. The summed E-state index contributed by atoms with van der Waals surface area (Å²) in [6, 6.07) is 11.7. The molecule has 1 saturated heterocycles. The lowest BCUT2D eigenvalue weighted by Gasteiger charge is -2.43. The van der Waals surface area contributed by atoms with E-state index >= 15 is 0 Å². The fourth-order valence-electron chi connectivity index (χ4n) is 3.04. The summed E-state index contributed by atoms with van der Waals surface area (Å²) in [5.74, 6) is 0.626. The molecule has 2 atom stereocenters. The van der Waals surface area contributed by atoms with E-state index in [1.807, 2.05) is 12.3 Å². The summed E-state index contributed by atoms with van der Waals surface area (Å²) in [7, 11) is 0. The first-order valence-corrected chi connectivity index (χ1v) is 7.50. The predicted octanol–water partition coefficient (Wildman–Crippen LogP) is 3.06. The third-order valence-electron chi connectivity index (χ3n) is 4.22. The molecule has 2 unspecified atom stereocenters. The Bertz CT molecular complexity index is 594. The van der Waals surface area contributed by atoms with Crippen molar-refractivity contribution < 1.29 is 0 Å². The van der Waals surface area contributed by atoms with Crippen LogP contribution in [0.5, 0.6) is 0 Å². The van der Waals surface area contributed by atoms with Gasteiger partial charge in [0.25, 0.3) is 0 Å². The average molecular weight is 269 g/mol. The highest BCUT2D eigenvalue weighted by Crippen LogP contribution is 2.26. The van der Waals surface area contributed by atoms with E-state index in [2.05, 4.69) is 60.2 Å². The minimum absolute atomic E-state index is 0.525. The summed E-state index contributed by atoms with van der Waals surface area (Å²) in [6.45, 7) is 8.93. The van der Waals surface area contributed by atoms with E-state index in [0.717, 1.165) is 18.6 Å². The molecular formula is C17H23N3. The molecule has 0 aliphatic carbocycles. The number of nitrogens with zero attached hydrogens (tertiary/aromatic N) is 2. The SMILES string of the molecule is CC1CN(c2cnc3ccccc3c2)C(C(C)C)CN1. The molecule has 0 radical (unpaired) electrons. The van der Waals surface area contributed by atoms with E-state index in [1.54, 1.807) is 0 Å². The van der Waals surface area contributed by atoms with Gasteiger partial charge < -0.3 is 10.2 Å². The Balaban J connectivity index is 1.98. The van der Waals surface area contributed by atoms with Crippen molar-refractivity contribution in [2.75, 3.05) is 18.0 Å². The highest BCUT2D eigenvalue weighted by molar-refractivity contribution is 5.81. The molecule has 1 aliphatic heterocycles. The fraction of sp³-hybridized carbons (Fsp3) is 0.471. The number of hydrogen-bond acceptors (Lipinski definition) is 3. The van der Waals surface area contributed by atoms with Gasteiger partial charge in [0.2, 0.25) is 0 Å². The van der Waals surface area contributed by atoms with Gasteiger partial charge in [-0.15, -0.1) is 0 Å². The van der Waals surface area contributed by atoms with Gasteiger partial charge in [0.05, 0.1) is 17.4 Å². The third kappa shape index (κ3) is 2.50. The Hall–Kier alpha value is -1.61. The fourth-order valence-corrected chi connectivity index (χ4v) is 3.04. The molecule has 0 amide bonds.